The first kappa shape index (κ1) is 13.9. The maximum atomic E-state index is 11.8. The standard InChI is InChI=1S/C13H11N3O3S/c1-9-3-2-4-10(7-9)13(17)15-14-8-11-5-6-12(20-11)16(18)19/h2-8H,1H3,(H,15,17)/b14-8+. The summed E-state index contributed by atoms with van der Waals surface area (Å²) in [7, 11) is 0. The van der Waals surface area contributed by atoms with Crippen molar-refractivity contribution >= 4 is 28.5 Å². The van der Waals surface area contributed by atoms with Gasteiger partial charge in [0.05, 0.1) is 16.0 Å². The van der Waals surface area contributed by atoms with E-state index in [-0.39, 0.29) is 10.9 Å². The van der Waals surface area contributed by atoms with Gasteiger partial charge in [-0.15, -0.1) is 0 Å². The largest absolute Gasteiger partial charge is 0.324 e. The summed E-state index contributed by atoms with van der Waals surface area (Å²) in [5, 5.41) is 14.3. The van der Waals surface area contributed by atoms with Crippen LogP contribution in [0.15, 0.2) is 41.5 Å². The summed E-state index contributed by atoms with van der Waals surface area (Å²) in [5.41, 5.74) is 3.88. The highest BCUT2D eigenvalue weighted by molar-refractivity contribution is 7.16. The Kier molecular flexibility index (Phi) is 4.21. The van der Waals surface area contributed by atoms with Crippen LogP contribution in [0.3, 0.4) is 0 Å². The molecule has 1 N–H and O–H groups in total. The average molecular weight is 289 g/mol. The quantitative estimate of drug-likeness (QED) is 0.533. The first-order valence-electron chi connectivity index (χ1n) is 5.70. The minimum atomic E-state index is -0.465. The Labute approximate surface area is 118 Å². The molecular formula is C13H11N3O3S. The van der Waals surface area contributed by atoms with E-state index in [1.807, 2.05) is 13.0 Å². The van der Waals surface area contributed by atoms with Crippen molar-refractivity contribution in [2.45, 2.75) is 6.92 Å². The van der Waals surface area contributed by atoms with Crippen LogP contribution in [-0.4, -0.2) is 17.0 Å². The molecule has 0 fully saturated rings. The molecular weight excluding hydrogens is 278 g/mol. The number of thiophene rings is 1. The molecule has 0 spiro atoms. The van der Waals surface area contributed by atoms with Gasteiger partial charge in [-0.1, -0.05) is 29.0 Å². The molecule has 20 heavy (non-hydrogen) atoms. The molecule has 0 aliphatic carbocycles. The van der Waals surface area contributed by atoms with Crippen molar-refractivity contribution < 1.29 is 9.72 Å². The lowest BCUT2D eigenvalue weighted by atomic mass is 10.1. The van der Waals surface area contributed by atoms with Crippen molar-refractivity contribution in [2.24, 2.45) is 5.10 Å². The molecule has 0 atom stereocenters. The number of carbonyl (C=O) groups is 1. The van der Waals surface area contributed by atoms with Crippen LogP contribution in [0.25, 0.3) is 0 Å². The number of hydrogen-bond donors (Lipinski definition) is 1. The third-order valence-electron chi connectivity index (χ3n) is 2.43. The van der Waals surface area contributed by atoms with Gasteiger partial charge >= 0.3 is 5.00 Å². The first-order valence-corrected chi connectivity index (χ1v) is 6.52. The lowest BCUT2D eigenvalue weighted by Gasteiger charge is -2.00. The number of aryl methyl sites for hydroxylation is 1. The second-order valence-corrected chi connectivity index (χ2v) is 5.10. The van der Waals surface area contributed by atoms with Crippen molar-refractivity contribution in [3.05, 3.63) is 62.5 Å². The van der Waals surface area contributed by atoms with Gasteiger partial charge < -0.3 is 0 Å². The average Bonchev–Trinajstić information content (AvgIpc) is 2.87. The number of amides is 1. The molecule has 0 saturated carbocycles. The van der Waals surface area contributed by atoms with Gasteiger partial charge in [0.2, 0.25) is 0 Å². The predicted octanol–water partition coefficient (Wildman–Crippen LogP) is 2.73. The molecule has 0 unspecified atom stereocenters. The molecule has 1 amide bonds. The monoisotopic (exact) mass is 289 g/mol. The van der Waals surface area contributed by atoms with Gasteiger partial charge in [0.15, 0.2) is 0 Å². The smallest absolute Gasteiger partial charge is 0.267 e. The Bertz CT molecular complexity index is 679. The molecule has 0 radical (unpaired) electrons. The summed E-state index contributed by atoms with van der Waals surface area (Å²) in [6.07, 6.45) is 1.38. The predicted molar refractivity (Wildman–Crippen MR) is 77.2 cm³/mol. The zero-order valence-electron chi connectivity index (χ0n) is 10.6. The SMILES string of the molecule is Cc1cccc(C(=O)N/N=C/c2ccc([N+](=O)[O-])s2)c1. The molecule has 0 bridgehead atoms. The van der Waals surface area contributed by atoms with Crippen LogP contribution in [0.4, 0.5) is 5.00 Å². The lowest BCUT2D eigenvalue weighted by Crippen LogP contribution is -2.17. The van der Waals surface area contributed by atoms with Crippen molar-refractivity contribution in [3.8, 4) is 0 Å². The van der Waals surface area contributed by atoms with E-state index in [0.29, 0.717) is 10.4 Å². The highest BCUT2D eigenvalue weighted by Gasteiger charge is 2.08. The highest BCUT2D eigenvalue weighted by atomic mass is 32.1. The molecule has 2 aromatic rings. The van der Waals surface area contributed by atoms with Crippen LogP contribution in [0.1, 0.15) is 20.8 Å². The summed E-state index contributed by atoms with van der Waals surface area (Å²) in [4.78, 5) is 22.4. The van der Waals surface area contributed by atoms with Gasteiger partial charge in [0, 0.05) is 11.6 Å². The topological polar surface area (TPSA) is 84.6 Å². The van der Waals surface area contributed by atoms with Gasteiger partial charge in [0.1, 0.15) is 0 Å². The maximum absolute atomic E-state index is 11.8. The minimum absolute atomic E-state index is 0.0384. The van der Waals surface area contributed by atoms with E-state index in [4.69, 9.17) is 0 Å². The number of benzene rings is 1. The Morgan fingerprint density at radius 2 is 2.20 bits per heavy atom. The summed E-state index contributed by atoms with van der Waals surface area (Å²) in [5.74, 6) is -0.323. The van der Waals surface area contributed by atoms with Gasteiger partial charge in [-0.3, -0.25) is 14.9 Å². The third-order valence-corrected chi connectivity index (χ3v) is 3.40. The van der Waals surface area contributed by atoms with Gasteiger partial charge in [-0.2, -0.15) is 5.10 Å². The number of nitrogens with zero attached hydrogens (tertiary/aromatic N) is 2. The van der Waals surface area contributed by atoms with Gasteiger partial charge in [-0.25, -0.2) is 5.43 Å². The molecule has 1 aromatic carbocycles. The van der Waals surface area contributed by atoms with E-state index in [2.05, 4.69) is 10.5 Å². The number of hydrogen-bond acceptors (Lipinski definition) is 5. The van der Waals surface area contributed by atoms with Crippen molar-refractivity contribution in [3.63, 3.8) is 0 Å². The Balaban J connectivity index is 1.99. The second-order valence-electron chi connectivity index (χ2n) is 4.00. The molecule has 1 aromatic heterocycles. The van der Waals surface area contributed by atoms with Crippen LogP contribution in [0, 0.1) is 17.0 Å². The number of nitrogens with one attached hydrogen (secondary N) is 1. The Morgan fingerprint density at radius 3 is 2.85 bits per heavy atom. The van der Waals surface area contributed by atoms with Crippen LogP contribution < -0.4 is 5.43 Å². The molecule has 0 aliphatic rings. The summed E-state index contributed by atoms with van der Waals surface area (Å²) in [6, 6.07) is 10.1. The van der Waals surface area contributed by atoms with Crippen LogP contribution in [-0.2, 0) is 0 Å². The van der Waals surface area contributed by atoms with E-state index in [1.165, 1.54) is 12.3 Å². The van der Waals surface area contributed by atoms with Crippen molar-refractivity contribution in [1.29, 1.82) is 0 Å². The summed E-state index contributed by atoms with van der Waals surface area (Å²) < 4.78 is 0. The van der Waals surface area contributed by atoms with Gasteiger partial charge in [-0.05, 0) is 25.1 Å². The fourth-order valence-corrected chi connectivity index (χ4v) is 2.21. The van der Waals surface area contributed by atoms with Crippen molar-refractivity contribution in [2.75, 3.05) is 0 Å². The molecule has 7 heteroatoms. The zero-order valence-corrected chi connectivity index (χ0v) is 11.4. The van der Waals surface area contributed by atoms with Crippen molar-refractivity contribution in [1.82, 2.24) is 5.43 Å². The second kappa shape index (κ2) is 6.07. The molecule has 2 rings (SSSR count). The summed E-state index contributed by atoms with van der Waals surface area (Å²) in [6.45, 7) is 1.89. The Hall–Kier alpha value is -2.54. The molecule has 0 aliphatic heterocycles. The fourth-order valence-electron chi connectivity index (χ4n) is 1.52. The third kappa shape index (κ3) is 3.48. The van der Waals surface area contributed by atoms with E-state index in [9.17, 15) is 14.9 Å². The minimum Gasteiger partial charge on any atom is -0.267 e. The van der Waals surface area contributed by atoms with E-state index < -0.39 is 4.92 Å². The normalized spacial score (nSPS) is 10.7. The lowest BCUT2D eigenvalue weighted by molar-refractivity contribution is -0.380. The zero-order chi connectivity index (χ0) is 14.5. The summed E-state index contributed by atoms with van der Waals surface area (Å²) >= 11 is 0.991. The van der Waals surface area contributed by atoms with E-state index in [0.717, 1.165) is 16.9 Å². The van der Waals surface area contributed by atoms with Crippen LogP contribution in [0.5, 0.6) is 0 Å². The Morgan fingerprint density at radius 1 is 1.40 bits per heavy atom. The molecule has 1 heterocycles. The number of nitro groups is 1. The number of rotatable bonds is 4. The molecule has 6 nitrogen and oxygen atoms in total. The van der Waals surface area contributed by atoms with Crippen LogP contribution in [0.2, 0.25) is 0 Å². The number of carbonyl (C=O) groups excluding carboxylic acids is 1. The molecule has 0 saturated heterocycles. The molecule has 102 valence electrons. The highest BCUT2D eigenvalue weighted by Crippen LogP contribution is 2.22. The number of hydrazone groups is 1. The fraction of sp³-hybridized carbons (Fsp3) is 0.0769. The van der Waals surface area contributed by atoms with E-state index >= 15 is 0 Å². The van der Waals surface area contributed by atoms with Gasteiger partial charge in [0.25, 0.3) is 5.91 Å². The van der Waals surface area contributed by atoms with Crippen LogP contribution >= 0.6 is 11.3 Å². The van der Waals surface area contributed by atoms with E-state index in [1.54, 1.807) is 24.3 Å². The maximum Gasteiger partial charge on any atom is 0.324 e. The first-order chi connectivity index (χ1) is 9.56.